The number of benzene rings is 3. The number of hydrogen-bond donors (Lipinski definition) is 0. The first-order valence-electron chi connectivity index (χ1n) is 51.8. The van der Waals surface area contributed by atoms with Crippen LogP contribution in [0.15, 0.2) is 54.6 Å². The Balaban J connectivity index is 0.000000203. The number of hydrogen-bond acceptors (Lipinski definition) is 24. The van der Waals surface area contributed by atoms with E-state index in [-0.39, 0.29) is 190 Å². The summed E-state index contributed by atoms with van der Waals surface area (Å²) in [6.07, 6.45) is -3.62. The van der Waals surface area contributed by atoms with Crippen LogP contribution in [0.3, 0.4) is 0 Å². The number of aryl methyl sites for hydroxylation is 3. The van der Waals surface area contributed by atoms with Gasteiger partial charge in [-0.25, -0.2) is 48.8 Å². The number of fused-ring (bicyclic) bond motifs is 17. The summed E-state index contributed by atoms with van der Waals surface area (Å²) in [5.74, 6) is -4.88. The fourth-order valence-corrected chi connectivity index (χ4v) is 20.4. The summed E-state index contributed by atoms with van der Waals surface area (Å²) >= 11 is 0. The van der Waals surface area contributed by atoms with Crippen LogP contribution in [-0.2, 0) is 132 Å². The molecule has 131 heavy (non-hydrogen) atoms. The summed E-state index contributed by atoms with van der Waals surface area (Å²) in [6.45, 7) is 23.9. The van der Waals surface area contributed by atoms with Gasteiger partial charge in [-0.1, -0.05) is 140 Å². The van der Waals surface area contributed by atoms with Crippen LogP contribution in [0.4, 0.5) is 0 Å². The van der Waals surface area contributed by atoms with Crippen molar-refractivity contribution in [1.82, 2.24) is 44.6 Å². The van der Waals surface area contributed by atoms with Gasteiger partial charge in [0.2, 0.25) is 35.4 Å². The van der Waals surface area contributed by atoms with Crippen molar-refractivity contribution in [3.63, 3.8) is 0 Å². The van der Waals surface area contributed by atoms with Crippen molar-refractivity contribution in [3.8, 4) is 34.9 Å². The number of rotatable bonds is 6. The standard InChI is InChI=1S/C34H44N3O6.C34H46N3O6.C33H44N3O6.3V/c1-19-28(18-38)37-17-30(19)43-32-26(35-25-12-11-21(41-5)15-27(25)36-32)10-8-6-7-9-22-23-13-20(23)14-29(22)42-31(39)16-24(33(37)40)34(2,3)4;1-21-28(20-38)37-19-29(21)42-31-26(35-25-15-14-23(41-6)17-27(25)36-31)13-9-7-8-11-22-12-10-16-34(22,5)43-30(39)18-24(32(37)40)33(2,3)4;1-20-27(19-37)36-18-29(20)42-31-25(34-24-15-14-22(40-5)16-26(24)35-31)12-8-6-7-10-21-11-9-13-28(21)41-30(38)17-23(32(36)39)33(2,3)4;;;/h11-12,15,19-20,22-24,28-30H,6-10,13-14,16-17H2,1-5H3;14-15,17,21-22,24,28-29H,7-13,16,18-19H2,1-6H3;14-16,20-21,23,27-29H,6-13,17-18H2,1-5H3;;;/q3*-1;;;/t19-,20?,22+,23?,24+,28+,29+,30-;21-,22+,24+,28+,29-,34+;20-,21+,23+,27+,28+,29-;;;/m000.../s1/i8D2,10D2;9D2,13D2;8D2,12D2;;;. The maximum Gasteiger partial charge on any atom is 0.307 e. The van der Waals surface area contributed by atoms with Gasteiger partial charge in [0.15, 0.2) is 0 Å². The van der Waals surface area contributed by atoms with E-state index >= 15 is 0 Å². The van der Waals surface area contributed by atoms with Crippen LogP contribution in [-0.4, -0.2) is 194 Å². The molecule has 16 rings (SSSR count). The maximum absolute atomic E-state index is 14.2. The van der Waals surface area contributed by atoms with Gasteiger partial charge in [-0.3, -0.25) is 28.8 Å². The molecule has 2 unspecified atom stereocenters. The molecule has 709 valence electrons. The van der Waals surface area contributed by atoms with E-state index in [1.54, 1.807) is 75.4 Å². The summed E-state index contributed by atoms with van der Waals surface area (Å²) in [5, 5.41) is 0. The van der Waals surface area contributed by atoms with Gasteiger partial charge in [0.25, 0.3) is 0 Å². The smallest absolute Gasteiger partial charge is 0.307 e. The topological polar surface area (TPSA) is 324 Å². The summed E-state index contributed by atoms with van der Waals surface area (Å²) in [6, 6.07) is 11.8. The Bertz CT molecular complexity index is 5540. The average molecular weight is 1930 g/mol. The number of ether oxygens (including phenoxy) is 9. The molecule has 10 aliphatic rings. The fourth-order valence-electron chi connectivity index (χ4n) is 20.4. The Morgan fingerprint density at radius 2 is 0.763 bits per heavy atom. The Morgan fingerprint density at radius 1 is 0.405 bits per heavy atom. The van der Waals surface area contributed by atoms with Crippen molar-refractivity contribution in [3.05, 3.63) is 71.7 Å². The predicted octanol–water partition coefficient (Wildman–Crippen LogP) is 15.9. The van der Waals surface area contributed by atoms with E-state index in [1.165, 1.54) is 36.0 Å². The zero-order valence-electron chi connectivity index (χ0n) is 90.1. The molecule has 30 heteroatoms. The van der Waals surface area contributed by atoms with Crippen molar-refractivity contribution in [2.45, 2.75) is 311 Å². The van der Waals surface area contributed by atoms with Gasteiger partial charge in [-0.15, -0.1) is 0 Å². The molecule has 3 amide bonds. The third kappa shape index (κ3) is 23.9. The number of methoxy groups -OCH3 is 3. The minimum atomic E-state index is -2.63. The molecular formula is C101H134N9O18V3-3. The summed E-state index contributed by atoms with van der Waals surface area (Å²) in [5.41, 5.74) is -1.46. The largest absolute Gasteiger partial charge is 0.540 e. The van der Waals surface area contributed by atoms with Crippen molar-refractivity contribution in [1.29, 1.82) is 0 Å². The van der Waals surface area contributed by atoms with Gasteiger partial charge in [0.1, 0.15) is 70.5 Å². The number of carbonyl (C=O) groups excluding carboxylic acids is 9. The second kappa shape index (κ2) is 44.3. The molecule has 6 aromatic rings. The van der Waals surface area contributed by atoms with Crippen LogP contribution in [0.1, 0.15) is 271 Å². The van der Waals surface area contributed by atoms with Crippen molar-refractivity contribution in [2.75, 3.05) is 41.0 Å². The van der Waals surface area contributed by atoms with Gasteiger partial charge in [0.05, 0.1) is 111 Å². The Labute approximate surface area is 825 Å². The molecule has 20 atom stereocenters. The number of nitrogens with zero attached hydrogens (tertiary/aromatic N) is 9. The van der Waals surface area contributed by atoms with Crippen LogP contribution in [0.5, 0.6) is 34.9 Å². The van der Waals surface area contributed by atoms with E-state index in [2.05, 4.69) is 29.9 Å². The van der Waals surface area contributed by atoms with Crippen molar-refractivity contribution >= 4 is 87.6 Å². The van der Waals surface area contributed by atoms with Crippen LogP contribution < -0.4 is 28.4 Å². The SMILES string of the molecule is [2H]C1([2H])CCC[C@@H]2C3CC3C[C@H]2OC(=O)C[C@@H](C(C)(C)C)C(=O)N2C[C@H](Oc3nc4cc(OC)ccc4nc3C1([2H])[2H])[C@@H](C)[C@H]2[C-]=O.[2H]C1([2H])CCC[C@@H]2CCC[C@@]2(C)OC(=O)C[C@@H](C(C)(C)C)C(=O)N2C[C@H](Oc3nc4cc(OC)ccc4nc3C1([2H])[2H])[C@@H](C)[C@H]2[C-]=O.[2H]C1([2H])CCC[C@@H]2CCC[C@H]2OC(=O)C[C@@H](C(C)(C)C)C(=O)N2C[C@H](Oc3nc4cc(OC)ccc4nc3C1([2H])[2H])[C@@H](C)[C@H]2[C-]=O.[V].[V].[V]. The van der Waals surface area contributed by atoms with Gasteiger partial charge in [-0.05, 0) is 216 Å². The predicted molar refractivity (Wildman–Crippen MR) is 480 cm³/mol. The van der Waals surface area contributed by atoms with E-state index < -0.39 is 156 Å². The van der Waals surface area contributed by atoms with Gasteiger partial charge >= 0.3 is 17.9 Å². The normalized spacial score (nSPS) is 34.3. The van der Waals surface area contributed by atoms with Gasteiger partial charge in [0, 0.05) is 90.3 Å². The second-order valence-electron chi connectivity index (χ2n) is 40.0. The molecule has 27 nitrogen and oxygen atoms in total. The Hall–Kier alpha value is -7.94. The zero-order chi connectivity index (χ0) is 102. The molecule has 3 aromatic heterocycles. The molecule has 9 heterocycles. The monoisotopic (exact) mass is 1930 g/mol. The van der Waals surface area contributed by atoms with Crippen LogP contribution in [0.25, 0.3) is 33.1 Å². The fraction of sp³-hybridized carbons (Fsp3) is 0.673. The average Bonchev–Trinajstić information content (AvgIpc) is 1.67. The molecule has 0 N–H and O–H groups in total. The van der Waals surface area contributed by atoms with E-state index in [0.717, 1.165) is 38.5 Å². The van der Waals surface area contributed by atoms with Crippen LogP contribution in [0, 0.1) is 81.3 Å². The minimum Gasteiger partial charge on any atom is -0.540 e. The molecule has 3 radical (unpaired) electrons. The molecule has 0 spiro atoms. The van der Waals surface area contributed by atoms with Gasteiger partial charge in [-0.2, -0.15) is 0 Å². The van der Waals surface area contributed by atoms with E-state index in [0.29, 0.717) is 114 Å². The van der Waals surface area contributed by atoms with E-state index in [4.69, 9.17) is 59.1 Å². The van der Waals surface area contributed by atoms with Crippen molar-refractivity contribution < 1.29 is 158 Å². The minimum absolute atomic E-state index is 0. The number of carbonyl (C=O) groups is 6. The summed E-state index contributed by atoms with van der Waals surface area (Å²) in [7, 11) is 4.52. The quantitative estimate of drug-likeness (QED) is 0.0849. The molecule has 6 aliphatic heterocycles. The zero-order valence-corrected chi connectivity index (χ0v) is 82.3. The molecule has 3 saturated heterocycles. The van der Waals surface area contributed by atoms with Crippen LogP contribution in [0.2, 0.25) is 0 Å². The third-order valence-corrected chi connectivity index (χ3v) is 28.4. The molecule has 4 aliphatic carbocycles. The maximum atomic E-state index is 14.2. The molecule has 6 bridgehead atoms. The van der Waals surface area contributed by atoms with Gasteiger partial charge < -0.3 is 71.7 Å². The molecule has 7 fully saturated rings. The molecule has 4 saturated carbocycles. The first-order valence-corrected chi connectivity index (χ1v) is 45.8. The van der Waals surface area contributed by atoms with E-state index in [1.807, 2.05) is 88.1 Å². The summed E-state index contributed by atoms with van der Waals surface area (Å²) < 4.78 is 161. The second-order valence-corrected chi connectivity index (χ2v) is 40.0. The third-order valence-electron chi connectivity index (χ3n) is 28.4. The Morgan fingerprint density at radius 3 is 1.15 bits per heavy atom. The molecule has 3 aromatic carbocycles. The van der Waals surface area contributed by atoms with Crippen molar-refractivity contribution in [2.24, 2.45) is 81.3 Å². The van der Waals surface area contributed by atoms with E-state index in [9.17, 15) is 43.2 Å². The number of aromatic nitrogens is 6. The summed E-state index contributed by atoms with van der Waals surface area (Å²) in [4.78, 5) is 152. The first-order chi connectivity index (χ1) is 65.5. The molecular weight excluding hydrogens is 1780 g/mol. The number of esters is 3. The Kier molecular flexibility index (Phi) is 29.4. The number of amides is 3. The first kappa shape index (κ1) is 87.1. The van der Waals surface area contributed by atoms with Crippen LogP contribution >= 0.6 is 0 Å².